The van der Waals surface area contributed by atoms with Gasteiger partial charge in [-0.25, -0.2) is 0 Å². The van der Waals surface area contributed by atoms with E-state index < -0.39 is 12.5 Å². The van der Waals surface area contributed by atoms with Crippen LogP contribution in [0.1, 0.15) is 28.8 Å². The molecule has 1 aliphatic heterocycles. The summed E-state index contributed by atoms with van der Waals surface area (Å²) < 4.78 is 29.7. The number of hydrogen-bond donors (Lipinski definition) is 1. The highest BCUT2D eigenvalue weighted by atomic mass is 19.3. The summed E-state index contributed by atoms with van der Waals surface area (Å²) in [5, 5.41) is 2.78. The standard InChI is InChI=1S/C23H22F2N2O3/c24-23(25)30-20-13-5-4-12-19(20)22(29)27-15-7-11-18(16-27)21(28)26-14-6-10-17-8-2-1-3-9-17/h1-5,8-9,12-13,18,23H,7,11,14-16H2,(H,26,28). The quantitative estimate of drug-likeness (QED) is 0.767. The highest BCUT2D eigenvalue weighted by Gasteiger charge is 2.30. The Kier molecular flexibility index (Phi) is 7.39. The van der Waals surface area contributed by atoms with E-state index in [1.54, 1.807) is 6.07 Å². The minimum atomic E-state index is -3.02. The molecule has 0 spiro atoms. The third kappa shape index (κ3) is 5.80. The van der Waals surface area contributed by atoms with Gasteiger partial charge in [0.05, 0.1) is 18.0 Å². The number of nitrogens with one attached hydrogen (secondary N) is 1. The molecule has 30 heavy (non-hydrogen) atoms. The van der Waals surface area contributed by atoms with Gasteiger partial charge in [0.2, 0.25) is 5.91 Å². The summed E-state index contributed by atoms with van der Waals surface area (Å²) in [5.74, 6) is 4.74. The van der Waals surface area contributed by atoms with E-state index in [0.29, 0.717) is 19.4 Å². The van der Waals surface area contributed by atoms with Crippen molar-refractivity contribution in [1.29, 1.82) is 0 Å². The molecule has 1 atom stereocenters. The second-order valence-electron chi connectivity index (χ2n) is 6.85. The van der Waals surface area contributed by atoms with Gasteiger partial charge in [0, 0.05) is 18.7 Å². The molecule has 2 aromatic carbocycles. The fourth-order valence-electron chi connectivity index (χ4n) is 3.33. The molecule has 0 saturated carbocycles. The molecule has 2 aromatic rings. The van der Waals surface area contributed by atoms with Gasteiger partial charge >= 0.3 is 6.61 Å². The van der Waals surface area contributed by atoms with Crippen molar-refractivity contribution in [2.45, 2.75) is 19.5 Å². The number of piperidine rings is 1. The van der Waals surface area contributed by atoms with Gasteiger partial charge in [-0.05, 0) is 37.1 Å². The van der Waals surface area contributed by atoms with Crippen LogP contribution >= 0.6 is 0 Å². The fraction of sp³-hybridized carbons (Fsp3) is 0.304. The third-order valence-corrected chi connectivity index (χ3v) is 4.77. The van der Waals surface area contributed by atoms with Crippen LogP contribution in [0.2, 0.25) is 0 Å². The van der Waals surface area contributed by atoms with Gasteiger partial charge in [0.25, 0.3) is 5.91 Å². The van der Waals surface area contributed by atoms with Crippen molar-refractivity contribution < 1.29 is 23.1 Å². The number of rotatable bonds is 5. The van der Waals surface area contributed by atoms with Gasteiger partial charge in [-0.2, -0.15) is 8.78 Å². The first-order valence-electron chi connectivity index (χ1n) is 9.69. The van der Waals surface area contributed by atoms with Crippen molar-refractivity contribution >= 4 is 11.8 Å². The minimum Gasteiger partial charge on any atom is -0.434 e. The highest BCUT2D eigenvalue weighted by Crippen LogP contribution is 2.25. The number of hydrogen-bond acceptors (Lipinski definition) is 3. The number of carbonyl (C=O) groups excluding carboxylic acids is 2. The molecule has 1 unspecified atom stereocenters. The summed E-state index contributed by atoms with van der Waals surface area (Å²) in [4.78, 5) is 26.8. The molecule has 0 radical (unpaired) electrons. The normalized spacial score (nSPS) is 15.8. The number of alkyl halides is 2. The second-order valence-corrected chi connectivity index (χ2v) is 6.85. The van der Waals surface area contributed by atoms with Crippen LogP contribution < -0.4 is 10.1 Å². The van der Waals surface area contributed by atoms with E-state index >= 15 is 0 Å². The molecule has 7 heteroatoms. The molecule has 5 nitrogen and oxygen atoms in total. The van der Waals surface area contributed by atoms with Crippen molar-refractivity contribution in [3.63, 3.8) is 0 Å². The molecule has 0 aliphatic carbocycles. The molecular weight excluding hydrogens is 390 g/mol. The Morgan fingerprint density at radius 3 is 2.63 bits per heavy atom. The van der Waals surface area contributed by atoms with Crippen molar-refractivity contribution in [3.05, 3.63) is 65.7 Å². The maximum absolute atomic E-state index is 12.8. The summed E-state index contributed by atoms with van der Waals surface area (Å²) in [6.07, 6.45) is 1.30. The van der Waals surface area contributed by atoms with Gasteiger partial charge in [0.15, 0.2) is 0 Å². The van der Waals surface area contributed by atoms with Crippen LogP contribution in [0.15, 0.2) is 54.6 Å². The molecule has 0 bridgehead atoms. The highest BCUT2D eigenvalue weighted by molar-refractivity contribution is 5.97. The van der Waals surface area contributed by atoms with Gasteiger partial charge in [-0.1, -0.05) is 42.2 Å². The molecule has 1 saturated heterocycles. The number of para-hydroxylation sites is 1. The molecule has 0 aromatic heterocycles. The maximum Gasteiger partial charge on any atom is 0.387 e. The molecule has 1 aliphatic rings. The Bertz CT molecular complexity index is 938. The SMILES string of the molecule is O=C(NCC#Cc1ccccc1)C1CCCN(C(=O)c2ccccc2OC(F)F)C1. The number of benzene rings is 2. The first-order chi connectivity index (χ1) is 14.5. The lowest BCUT2D eigenvalue weighted by molar-refractivity contribution is -0.126. The second kappa shape index (κ2) is 10.4. The van der Waals surface area contributed by atoms with E-state index in [2.05, 4.69) is 21.9 Å². The van der Waals surface area contributed by atoms with Crippen LogP contribution in [0.3, 0.4) is 0 Å². The molecule has 1 fully saturated rings. The fourth-order valence-corrected chi connectivity index (χ4v) is 3.33. The molecule has 156 valence electrons. The zero-order valence-electron chi connectivity index (χ0n) is 16.3. The number of nitrogens with zero attached hydrogens (tertiary/aromatic N) is 1. The predicted molar refractivity (Wildman–Crippen MR) is 108 cm³/mol. The van der Waals surface area contributed by atoms with Gasteiger partial charge in [-0.15, -0.1) is 0 Å². The van der Waals surface area contributed by atoms with E-state index in [9.17, 15) is 18.4 Å². The number of likely N-dealkylation sites (tertiary alicyclic amines) is 1. The van der Waals surface area contributed by atoms with Crippen molar-refractivity contribution in [2.75, 3.05) is 19.6 Å². The summed E-state index contributed by atoms with van der Waals surface area (Å²) in [6, 6.07) is 15.3. The van der Waals surface area contributed by atoms with Crippen LogP contribution in [-0.4, -0.2) is 43.0 Å². The van der Waals surface area contributed by atoms with Gasteiger partial charge < -0.3 is 15.0 Å². The van der Waals surface area contributed by atoms with Gasteiger partial charge in [0.1, 0.15) is 5.75 Å². The monoisotopic (exact) mass is 412 g/mol. The Balaban J connectivity index is 1.58. The van der Waals surface area contributed by atoms with Crippen molar-refractivity contribution in [1.82, 2.24) is 10.2 Å². The van der Waals surface area contributed by atoms with E-state index in [4.69, 9.17) is 0 Å². The average molecular weight is 412 g/mol. The Hall–Kier alpha value is -3.40. The lowest BCUT2D eigenvalue weighted by Crippen LogP contribution is -2.45. The summed E-state index contributed by atoms with van der Waals surface area (Å²) in [5.41, 5.74) is 0.929. The average Bonchev–Trinajstić information content (AvgIpc) is 2.77. The zero-order chi connectivity index (χ0) is 21.3. The van der Waals surface area contributed by atoms with E-state index in [1.165, 1.54) is 23.1 Å². The van der Waals surface area contributed by atoms with Crippen LogP contribution in [0, 0.1) is 17.8 Å². The summed E-state index contributed by atoms with van der Waals surface area (Å²) in [7, 11) is 0. The zero-order valence-corrected chi connectivity index (χ0v) is 16.3. The Morgan fingerprint density at radius 1 is 1.13 bits per heavy atom. The Morgan fingerprint density at radius 2 is 1.87 bits per heavy atom. The van der Waals surface area contributed by atoms with Crippen molar-refractivity contribution in [2.24, 2.45) is 5.92 Å². The molecule has 2 amide bonds. The number of ether oxygens (including phenoxy) is 1. The Labute approximate surface area is 174 Å². The number of amides is 2. The van der Waals surface area contributed by atoms with E-state index in [-0.39, 0.29) is 36.2 Å². The van der Waals surface area contributed by atoms with E-state index in [1.807, 2.05) is 30.3 Å². The summed E-state index contributed by atoms with van der Waals surface area (Å²) in [6.45, 7) is -2.13. The number of halogens is 2. The molecule has 1 heterocycles. The molecular formula is C23H22F2N2O3. The molecule has 1 N–H and O–H groups in total. The van der Waals surface area contributed by atoms with Crippen LogP contribution in [0.5, 0.6) is 5.75 Å². The first-order valence-corrected chi connectivity index (χ1v) is 9.69. The first kappa shape index (κ1) is 21.3. The van der Waals surface area contributed by atoms with Crippen LogP contribution in [0.4, 0.5) is 8.78 Å². The smallest absolute Gasteiger partial charge is 0.387 e. The topological polar surface area (TPSA) is 58.6 Å². The van der Waals surface area contributed by atoms with Crippen molar-refractivity contribution in [3.8, 4) is 17.6 Å². The number of carbonyl (C=O) groups is 2. The minimum absolute atomic E-state index is 0.0626. The molecule has 3 rings (SSSR count). The maximum atomic E-state index is 12.8. The predicted octanol–water partition coefficient (Wildman–Crippen LogP) is 3.31. The van der Waals surface area contributed by atoms with E-state index in [0.717, 1.165) is 5.56 Å². The van der Waals surface area contributed by atoms with Gasteiger partial charge in [-0.3, -0.25) is 9.59 Å². The van der Waals surface area contributed by atoms with Crippen LogP contribution in [0.25, 0.3) is 0 Å². The summed E-state index contributed by atoms with van der Waals surface area (Å²) >= 11 is 0. The largest absolute Gasteiger partial charge is 0.434 e. The third-order valence-electron chi connectivity index (χ3n) is 4.77. The lowest BCUT2D eigenvalue weighted by atomic mass is 9.96. The lowest BCUT2D eigenvalue weighted by Gasteiger charge is -2.32. The van der Waals surface area contributed by atoms with Crippen LogP contribution in [-0.2, 0) is 4.79 Å².